The lowest BCUT2D eigenvalue weighted by Crippen LogP contribution is -2.15. The molecular weight excluding hydrogens is 419 g/mol. The summed E-state index contributed by atoms with van der Waals surface area (Å²) in [6.07, 6.45) is 4.73. The van der Waals surface area contributed by atoms with E-state index in [0.717, 1.165) is 32.1 Å². The van der Waals surface area contributed by atoms with Crippen LogP contribution in [0.1, 0.15) is 62.0 Å². The van der Waals surface area contributed by atoms with E-state index in [2.05, 4.69) is 19.1 Å². The molecule has 0 aromatic heterocycles. The minimum atomic E-state index is -1.66. The van der Waals surface area contributed by atoms with Crippen LogP contribution in [0.2, 0.25) is 0 Å². The molecule has 0 unspecified atom stereocenters. The van der Waals surface area contributed by atoms with Gasteiger partial charge in [0.25, 0.3) is 0 Å². The third kappa shape index (κ3) is 4.72. The molecule has 0 spiro atoms. The molecule has 1 atom stereocenters. The second kappa shape index (κ2) is 9.43. The molecule has 0 saturated heterocycles. The Morgan fingerprint density at radius 2 is 1.31 bits per heavy atom. The predicted octanol–water partition coefficient (Wildman–Crippen LogP) is 8.52. The van der Waals surface area contributed by atoms with Gasteiger partial charge in [0.05, 0.1) is 5.56 Å². The zero-order valence-corrected chi connectivity index (χ0v) is 17.9. The summed E-state index contributed by atoms with van der Waals surface area (Å²) in [5, 5.41) is 0. The molecule has 0 radical (unpaired) electrons. The van der Waals surface area contributed by atoms with E-state index >= 15 is 0 Å². The van der Waals surface area contributed by atoms with E-state index in [1.807, 2.05) is 18.2 Å². The number of halogens is 5. The van der Waals surface area contributed by atoms with Crippen molar-refractivity contribution in [3.63, 3.8) is 0 Å². The molecule has 1 aliphatic rings. The second-order valence-corrected chi connectivity index (χ2v) is 8.88. The maximum atomic E-state index is 14.8. The zero-order valence-electron chi connectivity index (χ0n) is 17.9. The smallest absolute Gasteiger partial charge is 0.194 e. The van der Waals surface area contributed by atoms with Gasteiger partial charge in [-0.2, -0.15) is 0 Å². The van der Waals surface area contributed by atoms with Crippen LogP contribution in [0.25, 0.3) is 11.1 Å². The summed E-state index contributed by atoms with van der Waals surface area (Å²) < 4.78 is 69.8. The molecule has 3 aromatic rings. The fraction of sp³-hybridized carbons (Fsp3) is 0.333. The second-order valence-electron chi connectivity index (χ2n) is 8.88. The van der Waals surface area contributed by atoms with Crippen LogP contribution in [-0.4, -0.2) is 0 Å². The van der Waals surface area contributed by atoms with Crippen LogP contribution < -0.4 is 0 Å². The Morgan fingerprint density at radius 1 is 0.750 bits per heavy atom. The van der Waals surface area contributed by atoms with Gasteiger partial charge in [-0.15, -0.1) is 0 Å². The molecule has 1 aliphatic carbocycles. The lowest BCUT2D eigenvalue weighted by molar-refractivity contribution is 0.296. The van der Waals surface area contributed by atoms with Gasteiger partial charge in [-0.05, 0) is 90.8 Å². The number of hydrogen-bond donors (Lipinski definition) is 0. The summed E-state index contributed by atoms with van der Waals surface area (Å²) in [6.45, 7) is 2.23. The first kappa shape index (κ1) is 22.5. The average molecular weight is 444 g/mol. The van der Waals surface area contributed by atoms with Crippen LogP contribution in [0, 0.1) is 35.0 Å². The predicted molar refractivity (Wildman–Crippen MR) is 116 cm³/mol. The first-order chi connectivity index (χ1) is 15.3. The van der Waals surface area contributed by atoms with Gasteiger partial charge in [-0.1, -0.05) is 37.3 Å². The van der Waals surface area contributed by atoms with Crippen molar-refractivity contribution in [3.05, 3.63) is 94.8 Å². The Hall–Kier alpha value is -2.69. The van der Waals surface area contributed by atoms with Crippen molar-refractivity contribution in [1.82, 2.24) is 0 Å². The fourth-order valence-electron chi connectivity index (χ4n) is 4.95. The highest BCUT2D eigenvalue weighted by molar-refractivity contribution is 5.65. The molecule has 0 nitrogen and oxygen atoms in total. The molecule has 32 heavy (non-hydrogen) atoms. The third-order valence-corrected chi connectivity index (χ3v) is 6.71. The van der Waals surface area contributed by atoms with Gasteiger partial charge in [-0.25, -0.2) is 22.0 Å². The quantitative estimate of drug-likeness (QED) is 0.273. The lowest BCUT2D eigenvalue weighted by atomic mass is 9.75. The molecule has 0 heterocycles. The van der Waals surface area contributed by atoms with E-state index in [4.69, 9.17) is 0 Å². The fourth-order valence-corrected chi connectivity index (χ4v) is 4.95. The molecule has 1 saturated carbocycles. The van der Waals surface area contributed by atoms with E-state index in [9.17, 15) is 22.0 Å². The highest BCUT2D eigenvalue weighted by Gasteiger charge is 2.26. The van der Waals surface area contributed by atoms with Gasteiger partial charge in [-0.3, -0.25) is 0 Å². The van der Waals surface area contributed by atoms with E-state index in [1.165, 1.54) is 17.7 Å². The van der Waals surface area contributed by atoms with E-state index < -0.39 is 34.6 Å². The summed E-state index contributed by atoms with van der Waals surface area (Å²) in [7, 11) is 0. The van der Waals surface area contributed by atoms with E-state index in [-0.39, 0.29) is 11.5 Å². The molecule has 0 amide bonds. The monoisotopic (exact) mass is 444 g/mol. The van der Waals surface area contributed by atoms with E-state index in [1.54, 1.807) is 0 Å². The topological polar surface area (TPSA) is 0 Å². The first-order valence-corrected chi connectivity index (χ1v) is 11.0. The standard InChI is InChI=1S/C27H25F5/c1-16(18-5-3-2-4-6-18)11-17-7-9-19(10-8-17)20-12-22(28)26(23(29)13-20)21-14-24(30)27(32)25(31)15-21/h2-6,12-17,19H,7-11H2,1H3/t16-,17?,19?/m0/s1. The van der Waals surface area contributed by atoms with Gasteiger partial charge in [0.2, 0.25) is 0 Å². The summed E-state index contributed by atoms with van der Waals surface area (Å²) >= 11 is 0. The van der Waals surface area contributed by atoms with Crippen molar-refractivity contribution in [2.75, 3.05) is 0 Å². The molecule has 5 heteroatoms. The van der Waals surface area contributed by atoms with Gasteiger partial charge in [0.1, 0.15) is 11.6 Å². The normalized spacial score (nSPS) is 19.7. The molecule has 0 aliphatic heterocycles. The van der Waals surface area contributed by atoms with Crippen LogP contribution in [0.3, 0.4) is 0 Å². The largest absolute Gasteiger partial charge is 0.206 e. The van der Waals surface area contributed by atoms with E-state index in [0.29, 0.717) is 29.5 Å². The minimum absolute atomic E-state index is 0.0398. The van der Waals surface area contributed by atoms with Crippen LogP contribution >= 0.6 is 0 Å². The lowest BCUT2D eigenvalue weighted by Gasteiger charge is -2.30. The molecule has 1 fully saturated rings. The van der Waals surface area contributed by atoms with Gasteiger partial charge in [0.15, 0.2) is 17.5 Å². The van der Waals surface area contributed by atoms with Gasteiger partial charge >= 0.3 is 0 Å². The van der Waals surface area contributed by atoms with Crippen molar-refractivity contribution in [3.8, 4) is 11.1 Å². The Morgan fingerprint density at radius 3 is 1.88 bits per heavy atom. The highest BCUT2D eigenvalue weighted by Crippen LogP contribution is 2.41. The third-order valence-electron chi connectivity index (χ3n) is 6.71. The maximum Gasteiger partial charge on any atom is 0.194 e. The number of hydrogen-bond acceptors (Lipinski definition) is 0. The molecule has 3 aromatic carbocycles. The Bertz CT molecular complexity index is 1040. The van der Waals surface area contributed by atoms with Crippen molar-refractivity contribution in [2.24, 2.45) is 5.92 Å². The first-order valence-electron chi connectivity index (χ1n) is 11.0. The van der Waals surface area contributed by atoms with Crippen LogP contribution in [0.4, 0.5) is 22.0 Å². The number of benzene rings is 3. The average Bonchev–Trinajstić information content (AvgIpc) is 2.78. The molecular formula is C27H25F5. The van der Waals surface area contributed by atoms with Crippen LogP contribution in [0.15, 0.2) is 54.6 Å². The highest BCUT2D eigenvalue weighted by atomic mass is 19.2. The molecule has 0 N–H and O–H groups in total. The van der Waals surface area contributed by atoms with Gasteiger partial charge in [0, 0.05) is 0 Å². The molecule has 168 valence electrons. The summed E-state index contributed by atoms with van der Waals surface area (Å²) in [5.74, 6) is -5.35. The zero-order chi connectivity index (χ0) is 22.8. The van der Waals surface area contributed by atoms with Crippen molar-refractivity contribution >= 4 is 0 Å². The Labute approximate surface area is 185 Å². The van der Waals surface area contributed by atoms with Crippen molar-refractivity contribution < 1.29 is 22.0 Å². The molecule has 4 rings (SSSR count). The summed E-state index contributed by atoms with van der Waals surface area (Å²) in [6, 6.07) is 14.1. The maximum absolute atomic E-state index is 14.8. The Balaban J connectivity index is 1.45. The van der Waals surface area contributed by atoms with Crippen molar-refractivity contribution in [2.45, 2.75) is 50.9 Å². The minimum Gasteiger partial charge on any atom is -0.206 e. The Kier molecular flexibility index (Phi) is 6.63. The van der Waals surface area contributed by atoms with Crippen LogP contribution in [0.5, 0.6) is 0 Å². The summed E-state index contributed by atoms with van der Waals surface area (Å²) in [5.41, 5.74) is 0.975. The number of rotatable bonds is 5. The SMILES string of the molecule is C[C@@H](CC1CCC(c2cc(F)c(-c3cc(F)c(F)c(F)c3)c(F)c2)CC1)c1ccccc1. The summed E-state index contributed by atoms with van der Waals surface area (Å²) in [4.78, 5) is 0. The van der Waals surface area contributed by atoms with Crippen molar-refractivity contribution in [1.29, 1.82) is 0 Å². The van der Waals surface area contributed by atoms with Crippen LogP contribution in [-0.2, 0) is 0 Å². The molecule has 0 bridgehead atoms. The van der Waals surface area contributed by atoms with Gasteiger partial charge < -0.3 is 0 Å².